The highest BCUT2D eigenvalue weighted by Gasteiger charge is 2.15. The Morgan fingerprint density at radius 1 is 1.56 bits per heavy atom. The maximum absolute atomic E-state index is 10.9. The molecule has 1 unspecified atom stereocenters. The highest BCUT2D eigenvalue weighted by atomic mass is 35.5. The Morgan fingerprint density at radius 3 is 2.83 bits per heavy atom. The van der Waals surface area contributed by atoms with Crippen molar-refractivity contribution in [2.75, 3.05) is 18.5 Å². The van der Waals surface area contributed by atoms with Gasteiger partial charge in [-0.1, -0.05) is 24.9 Å². The van der Waals surface area contributed by atoms with Gasteiger partial charge in [0.05, 0.1) is 4.92 Å². The normalized spacial score (nSPS) is 12.2. The quantitative estimate of drug-likeness (QED) is 0.591. The molecule has 5 nitrogen and oxygen atoms in total. The summed E-state index contributed by atoms with van der Waals surface area (Å²) in [6, 6.07) is 4.55. The summed E-state index contributed by atoms with van der Waals surface area (Å²) in [5.41, 5.74) is 0.433. The van der Waals surface area contributed by atoms with Crippen LogP contribution in [0.2, 0.25) is 5.02 Å². The molecule has 0 saturated heterocycles. The van der Waals surface area contributed by atoms with Crippen LogP contribution in [0.3, 0.4) is 0 Å². The van der Waals surface area contributed by atoms with Crippen molar-refractivity contribution < 1.29 is 10.0 Å². The second-order valence-corrected chi connectivity index (χ2v) is 4.52. The lowest BCUT2D eigenvalue weighted by Crippen LogP contribution is -2.15. The molecule has 2 N–H and O–H groups in total. The fourth-order valence-corrected chi connectivity index (χ4v) is 1.86. The van der Waals surface area contributed by atoms with Crippen molar-refractivity contribution in [3.8, 4) is 0 Å². The summed E-state index contributed by atoms with van der Waals surface area (Å²) in [4.78, 5) is 10.4. The predicted molar refractivity (Wildman–Crippen MR) is 72.1 cm³/mol. The first-order valence-electron chi connectivity index (χ1n) is 5.87. The Labute approximate surface area is 111 Å². The maximum Gasteiger partial charge on any atom is 0.293 e. The molecular weight excluding hydrogens is 256 g/mol. The fourth-order valence-electron chi connectivity index (χ4n) is 1.69. The summed E-state index contributed by atoms with van der Waals surface area (Å²) >= 11 is 5.74. The number of nitrogens with one attached hydrogen (secondary N) is 1. The third-order valence-electron chi connectivity index (χ3n) is 2.85. The SMILES string of the molecule is CCC(CCO)CNc1ccc(Cl)cc1[N+](=O)[O-]. The van der Waals surface area contributed by atoms with Crippen LogP contribution in [0.5, 0.6) is 0 Å². The molecule has 0 heterocycles. The summed E-state index contributed by atoms with van der Waals surface area (Å²) < 4.78 is 0. The lowest BCUT2D eigenvalue weighted by atomic mass is 10.0. The second kappa shape index (κ2) is 7.18. The van der Waals surface area contributed by atoms with Gasteiger partial charge in [-0.15, -0.1) is 0 Å². The largest absolute Gasteiger partial charge is 0.396 e. The van der Waals surface area contributed by atoms with Crippen LogP contribution in [-0.2, 0) is 0 Å². The summed E-state index contributed by atoms with van der Waals surface area (Å²) in [7, 11) is 0. The molecule has 6 heteroatoms. The number of aliphatic hydroxyl groups is 1. The number of rotatable bonds is 7. The molecule has 0 saturated carbocycles. The van der Waals surface area contributed by atoms with E-state index < -0.39 is 4.92 Å². The van der Waals surface area contributed by atoms with Crippen LogP contribution in [0.1, 0.15) is 19.8 Å². The number of benzene rings is 1. The molecule has 0 aliphatic rings. The van der Waals surface area contributed by atoms with E-state index >= 15 is 0 Å². The van der Waals surface area contributed by atoms with Crippen LogP contribution >= 0.6 is 11.6 Å². The molecule has 0 bridgehead atoms. The van der Waals surface area contributed by atoms with E-state index in [0.717, 1.165) is 6.42 Å². The van der Waals surface area contributed by atoms with Gasteiger partial charge in [-0.2, -0.15) is 0 Å². The molecular formula is C12H17ClN2O3. The van der Waals surface area contributed by atoms with Crippen molar-refractivity contribution >= 4 is 23.0 Å². The highest BCUT2D eigenvalue weighted by Crippen LogP contribution is 2.28. The minimum Gasteiger partial charge on any atom is -0.396 e. The van der Waals surface area contributed by atoms with Crippen LogP contribution in [-0.4, -0.2) is 23.2 Å². The number of anilines is 1. The lowest BCUT2D eigenvalue weighted by Gasteiger charge is -2.15. The number of aliphatic hydroxyl groups excluding tert-OH is 1. The van der Waals surface area contributed by atoms with E-state index in [4.69, 9.17) is 16.7 Å². The molecule has 0 aliphatic carbocycles. The number of halogens is 1. The van der Waals surface area contributed by atoms with E-state index in [0.29, 0.717) is 29.6 Å². The standard InChI is InChI=1S/C12H17ClN2O3/c1-2-9(5-6-16)8-14-11-4-3-10(13)7-12(11)15(17)18/h3-4,7,9,14,16H,2,5-6,8H2,1H3. The van der Waals surface area contributed by atoms with E-state index in [1.54, 1.807) is 12.1 Å². The van der Waals surface area contributed by atoms with E-state index in [1.807, 2.05) is 6.92 Å². The molecule has 1 atom stereocenters. The highest BCUT2D eigenvalue weighted by molar-refractivity contribution is 6.30. The molecule has 1 rings (SSSR count). The smallest absolute Gasteiger partial charge is 0.293 e. The molecule has 0 aliphatic heterocycles. The summed E-state index contributed by atoms with van der Waals surface area (Å²) in [5.74, 6) is 0.297. The first kappa shape index (κ1) is 14.7. The molecule has 1 aromatic rings. The Hall–Kier alpha value is -1.33. The Morgan fingerprint density at radius 2 is 2.28 bits per heavy atom. The molecule has 0 aromatic heterocycles. The van der Waals surface area contributed by atoms with Crippen molar-refractivity contribution in [1.29, 1.82) is 0 Å². The van der Waals surface area contributed by atoms with E-state index in [-0.39, 0.29) is 12.3 Å². The molecule has 18 heavy (non-hydrogen) atoms. The predicted octanol–water partition coefficient (Wildman–Crippen LogP) is 3.07. The van der Waals surface area contributed by atoms with Gasteiger partial charge in [-0.05, 0) is 24.5 Å². The summed E-state index contributed by atoms with van der Waals surface area (Å²) in [6.45, 7) is 2.75. The summed E-state index contributed by atoms with van der Waals surface area (Å²) in [5, 5.41) is 23.2. The van der Waals surface area contributed by atoms with Crippen molar-refractivity contribution in [1.82, 2.24) is 0 Å². The minimum atomic E-state index is -0.457. The van der Waals surface area contributed by atoms with E-state index in [2.05, 4.69) is 5.32 Å². The van der Waals surface area contributed by atoms with Gasteiger partial charge < -0.3 is 10.4 Å². The van der Waals surface area contributed by atoms with Gasteiger partial charge in [-0.25, -0.2) is 0 Å². The first-order valence-corrected chi connectivity index (χ1v) is 6.25. The van der Waals surface area contributed by atoms with Gasteiger partial charge in [0, 0.05) is 24.2 Å². The summed E-state index contributed by atoms with van der Waals surface area (Å²) in [6.07, 6.45) is 1.60. The van der Waals surface area contributed by atoms with Gasteiger partial charge in [0.25, 0.3) is 5.69 Å². The van der Waals surface area contributed by atoms with Gasteiger partial charge in [-0.3, -0.25) is 10.1 Å². The fraction of sp³-hybridized carbons (Fsp3) is 0.500. The van der Waals surface area contributed by atoms with Crippen molar-refractivity contribution in [2.24, 2.45) is 5.92 Å². The van der Waals surface area contributed by atoms with Crippen LogP contribution in [0.15, 0.2) is 18.2 Å². The molecule has 100 valence electrons. The van der Waals surface area contributed by atoms with E-state index in [9.17, 15) is 10.1 Å². The van der Waals surface area contributed by atoms with Crippen LogP contribution < -0.4 is 5.32 Å². The number of hydrogen-bond acceptors (Lipinski definition) is 4. The molecule has 1 aromatic carbocycles. The Balaban J connectivity index is 2.74. The zero-order valence-corrected chi connectivity index (χ0v) is 11.0. The monoisotopic (exact) mass is 272 g/mol. The second-order valence-electron chi connectivity index (χ2n) is 4.09. The van der Waals surface area contributed by atoms with Gasteiger partial charge in [0.15, 0.2) is 0 Å². The first-order chi connectivity index (χ1) is 8.58. The number of nitro groups is 1. The van der Waals surface area contributed by atoms with E-state index in [1.165, 1.54) is 6.07 Å². The molecule has 0 fully saturated rings. The van der Waals surface area contributed by atoms with Gasteiger partial charge in [0.1, 0.15) is 5.69 Å². The zero-order valence-electron chi connectivity index (χ0n) is 10.2. The topological polar surface area (TPSA) is 75.4 Å². The van der Waals surface area contributed by atoms with Crippen LogP contribution in [0.4, 0.5) is 11.4 Å². The van der Waals surface area contributed by atoms with Gasteiger partial charge in [0.2, 0.25) is 0 Å². The number of nitrogens with zero attached hydrogens (tertiary/aromatic N) is 1. The maximum atomic E-state index is 10.9. The van der Waals surface area contributed by atoms with Crippen molar-refractivity contribution in [3.05, 3.63) is 33.3 Å². The third kappa shape index (κ3) is 4.16. The average Bonchev–Trinajstić information content (AvgIpc) is 2.35. The Bertz CT molecular complexity index is 412. The van der Waals surface area contributed by atoms with Gasteiger partial charge >= 0.3 is 0 Å². The zero-order chi connectivity index (χ0) is 13.5. The van der Waals surface area contributed by atoms with Crippen molar-refractivity contribution in [3.63, 3.8) is 0 Å². The lowest BCUT2D eigenvalue weighted by molar-refractivity contribution is -0.383. The minimum absolute atomic E-state index is 0.0265. The van der Waals surface area contributed by atoms with Crippen LogP contribution in [0, 0.1) is 16.0 Å². The number of hydrogen-bond donors (Lipinski definition) is 2. The number of nitro benzene ring substituents is 1. The molecule has 0 spiro atoms. The Kier molecular flexibility index (Phi) is 5.88. The average molecular weight is 273 g/mol. The molecule has 0 radical (unpaired) electrons. The third-order valence-corrected chi connectivity index (χ3v) is 3.09. The van der Waals surface area contributed by atoms with Crippen LogP contribution in [0.25, 0.3) is 0 Å². The van der Waals surface area contributed by atoms with Crippen molar-refractivity contribution in [2.45, 2.75) is 19.8 Å². The molecule has 0 amide bonds.